The summed E-state index contributed by atoms with van der Waals surface area (Å²) in [7, 11) is -3.96. The topological polar surface area (TPSA) is 86.8 Å². The second-order valence-corrected chi connectivity index (χ2v) is 9.23. The van der Waals surface area contributed by atoms with E-state index in [4.69, 9.17) is 0 Å². The van der Waals surface area contributed by atoms with Crippen LogP contribution < -0.4 is 14.5 Å². The van der Waals surface area contributed by atoms with E-state index in [1.165, 1.54) is 6.92 Å². The monoisotopic (exact) mass is 451 g/mol. The number of halogens is 2. The van der Waals surface area contributed by atoms with Gasteiger partial charge in [0, 0.05) is 31.3 Å². The van der Waals surface area contributed by atoms with E-state index in [1.807, 2.05) is 6.07 Å². The average Bonchev–Trinajstić information content (AvgIpc) is 3.14. The first-order valence-corrected chi connectivity index (χ1v) is 11.5. The molecule has 2 aromatic rings. The van der Waals surface area contributed by atoms with Crippen molar-refractivity contribution in [2.24, 2.45) is 0 Å². The number of anilines is 2. The van der Waals surface area contributed by atoms with Crippen LogP contribution in [0.1, 0.15) is 25.3 Å². The third-order valence-electron chi connectivity index (χ3n) is 5.01. The van der Waals surface area contributed by atoms with Crippen molar-refractivity contribution < 1.29 is 26.8 Å². The molecule has 1 aliphatic rings. The zero-order valence-corrected chi connectivity index (χ0v) is 18.0. The number of hydrogen-bond acceptors (Lipinski definition) is 4. The summed E-state index contributed by atoms with van der Waals surface area (Å²) in [5, 5.41) is 2.66. The van der Waals surface area contributed by atoms with Gasteiger partial charge in [-0.1, -0.05) is 12.1 Å². The van der Waals surface area contributed by atoms with Crippen LogP contribution in [-0.4, -0.2) is 39.1 Å². The van der Waals surface area contributed by atoms with E-state index >= 15 is 0 Å². The van der Waals surface area contributed by atoms with Crippen LogP contribution in [0.2, 0.25) is 0 Å². The van der Waals surface area contributed by atoms with Gasteiger partial charge in [0.05, 0.1) is 11.9 Å². The Morgan fingerprint density at radius 3 is 2.55 bits per heavy atom. The smallest absolute Gasteiger partial charge is 0.243 e. The molecular weight excluding hydrogens is 428 g/mol. The van der Waals surface area contributed by atoms with Gasteiger partial charge in [0.15, 0.2) is 11.6 Å². The van der Waals surface area contributed by atoms with Crippen LogP contribution in [0, 0.1) is 11.6 Å². The van der Waals surface area contributed by atoms with E-state index < -0.39 is 33.6 Å². The third kappa shape index (κ3) is 5.19. The molecule has 2 amide bonds. The molecule has 0 spiro atoms. The number of amides is 2. The van der Waals surface area contributed by atoms with Gasteiger partial charge in [-0.05, 0) is 43.2 Å². The molecule has 31 heavy (non-hydrogen) atoms. The molecule has 0 radical (unpaired) electrons. The summed E-state index contributed by atoms with van der Waals surface area (Å²) >= 11 is 0. The van der Waals surface area contributed by atoms with Crippen LogP contribution in [0.5, 0.6) is 0 Å². The molecule has 166 valence electrons. The minimum Gasteiger partial charge on any atom is -0.350 e. The lowest BCUT2D eigenvalue weighted by Gasteiger charge is -2.28. The van der Waals surface area contributed by atoms with Crippen molar-refractivity contribution in [1.29, 1.82) is 0 Å². The number of hydrogen-bond donors (Lipinski definition) is 1. The van der Waals surface area contributed by atoms with Gasteiger partial charge in [-0.25, -0.2) is 17.2 Å². The Morgan fingerprint density at radius 2 is 1.94 bits per heavy atom. The summed E-state index contributed by atoms with van der Waals surface area (Å²) in [5.74, 6) is -2.90. The standard InChI is InChI=1S/C21H23F2N3O4S/c1-14(26(31(2,29)30)17-8-9-18(22)19(23)12-17)21(28)24-13-15-5-3-6-16(11-15)25-10-4-7-20(25)27/h3,5-6,8-9,11-12,14H,4,7,10,13H2,1-2H3,(H,24,28)/t14-/m0/s1. The highest BCUT2D eigenvalue weighted by Gasteiger charge is 2.29. The van der Waals surface area contributed by atoms with Crippen LogP contribution in [0.15, 0.2) is 42.5 Å². The van der Waals surface area contributed by atoms with E-state index in [9.17, 15) is 26.8 Å². The van der Waals surface area contributed by atoms with Gasteiger partial charge < -0.3 is 10.2 Å². The fraction of sp³-hybridized carbons (Fsp3) is 0.333. The number of sulfonamides is 1. The van der Waals surface area contributed by atoms with Crippen LogP contribution >= 0.6 is 0 Å². The van der Waals surface area contributed by atoms with Crippen LogP contribution in [0.25, 0.3) is 0 Å². The van der Waals surface area contributed by atoms with Crippen molar-refractivity contribution in [3.05, 3.63) is 59.7 Å². The van der Waals surface area contributed by atoms with Crippen LogP contribution in [-0.2, 0) is 26.2 Å². The summed E-state index contributed by atoms with van der Waals surface area (Å²) < 4.78 is 52.1. The Morgan fingerprint density at radius 1 is 1.19 bits per heavy atom. The highest BCUT2D eigenvalue weighted by Crippen LogP contribution is 2.24. The largest absolute Gasteiger partial charge is 0.350 e. The Kier molecular flexibility index (Phi) is 6.59. The molecule has 1 saturated heterocycles. The minimum atomic E-state index is -3.96. The predicted octanol–water partition coefficient (Wildman–Crippen LogP) is 2.56. The highest BCUT2D eigenvalue weighted by molar-refractivity contribution is 7.92. The highest BCUT2D eigenvalue weighted by atomic mass is 32.2. The molecule has 0 saturated carbocycles. The van der Waals surface area contributed by atoms with Gasteiger partial charge in [-0.2, -0.15) is 0 Å². The molecule has 1 aliphatic heterocycles. The van der Waals surface area contributed by atoms with Gasteiger partial charge in [0.25, 0.3) is 0 Å². The maximum atomic E-state index is 13.6. The zero-order chi connectivity index (χ0) is 22.8. The second kappa shape index (κ2) is 9.01. The molecule has 2 aromatic carbocycles. The number of nitrogens with one attached hydrogen (secondary N) is 1. The van der Waals surface area contributed by atoms with Crippen molar-refractivity contribution in [2.45, 2.75) is 32.4 Å². The molecule has 0 bridgehead atoms. The van der Waals surface area contributed by atoms with Crippen molar-refractivity contribution in [2.75, 3.05) is 22.0 Å². The number of rotatable bonds is 7. The summed E-state index contributed by atoms with van der Waals surface area (Å²) in [4.78, 5) is 26.3. The molecule has 3 rings (SSSR count). The van der Waals surface area contributed by atoms with Gasteiger partial charge >= 0.3 is 0 Å². The lowest BCUT2D eigenvalue weighted by Crippen LogP contribution is -2.47. The molecular formula is C21H23F2N3O4S. The molecule has 1 N–H and O–H groups in total. The SMILES string of the molecule is C[C@@H](C(=O)NCc1cccc(N2CCCC2=O)c1)N(c1ccc(F)c(F)c1)S(C)(=O)=O. The first kappa shape index (κ1) is 22.7. The predicted molar refractivity (Wildman–Crippen MR) is 113 cm³/mol. The van der Waals surface area contributed by atoms with Gasteiger partial charge in [-0.15, -0.1) is 0 Å². The third-order valence-corrected chi connectivity index (χ3v) is 6.25. The average molecular weight is 451 g/mol. The van der Waals surface area contributed by atoms with E-state index in [0.717, 1.165) is 46.4 Å². The summed E-state index contributed by atoms with van der Waals surface area (Å²) in [5.41, 5.74) is 1.32. The van der Waals surface area contributed by atoms with E-state index in [1.54, 1.807) is 23.1 Å². The fourth-order valence-electron chi connectivity index (χ4n) is 3.52. The van der Waals surface area contributed by atoms with Gasteiger partial charge in [0.2, 0.25) is 21.8 Å². The van der Waals surface area contributed by atoms with Crippen molar-refractivity contribution in [3.63, 3.8) is 0 Å². The number of carbonyl (C=O) groups is 2. The maximum absolute atomic E-state index is 13.6. The first-order valence-electron chi connectivity index (χ1n) is 9.69. The summed E-state index contributed by atoms with van der Waals surface area (Å²) in [6.07, 6.45) is 2.18. The lowest BCUT2D eigenvalue weighted by molar-refractivity contribution is -0.122. The Hall–Kier alpha value is -3.01. The van der Waals surface area contributed by atoms with E-state index in [0.29, 0.717) is 13.0 Å². The number of carbonyl (C=O) groups excluding carboxylic acids is 2. The molecule has 7 nitrogen and oxygen atoms in total. The maximum Gasteiger partial charge on any atom is 0.243 e. The minimum absolute atomic E-state index is 0.0464. The molecule has 1 fully saturated rings. The Labute approximate surface area is 179 Å². The van der Waals surface area contributed by atoms with Gasteiger partial charge in [-0.3, -0.25) is 13.9 Å². The van der Waals surface area contributed by atoms with Crippen molar-refractivity contribution in [1.82, 2.24) is 5.32 Å². The molecule has 0 aliphatic carbocycles. The van der Waals surface area contributed by atoms with Crippen LogP contribution in [0.4, 0.5) is 20.2 Å². The molecule has 10 heteroatoms. The Bertz CT molecular complexity index is 1110. The molecule has 0 unspecified atom stereocenters. The van der Waals surface area contributed by atoms with Gasteiger partial charge in [0.1, 0.15) is 6.04 Å². The summed E-state index contributed by atoms with van der Waals surface area (Å²) in [6, 6.07) is 8.58. The van der Waals surface area contributed by atoms with Crippen molar-refractivity contribution in [3.8, 4) is 0 Å². The fourth-order valence-corrected chi connectivity index (χ4v) is 4.69. The normalized spacial score (nSPS) is 15.1. The molecule has 0 aromatic heterocycles. The first-order chi connectivity index (χ1) is 14.6. The molecule has 1 atom stereocenters. The zero-order valence-electron chi connectivity index (χ0n) is 17.1. The number of benzene rings is 2. The second-order valence-electron chi connectivity index (χ2n) is 7.37. The quantitative estimate of drug-likeness (QED) is 0.701. The summed E-state index contributed by atoms with van der Waals surface area (Å²) in [6.45, 7) is 2.11. The molecule has 1 heterocycles. The number of nitrogens with zero attached hydrogens (tertiary/aromatic N) is 2. The van der Waals surface area contributed by atoms with Crippen molar-refractivity contribution >= 4 is 33.2 Å². The van der Waals surface area contributed by atoms with E-state index in [2.05, 4.69) is 5.32 Å². The van der Waals surface area contributed by atoms with Crippen LogP contribution in [0.3, 0.4) is 0 Å². The lowest BCUT2D eigenvalue weighted by atomic mass is 10.1. The van der Waals surface area contributed by atoms with E-state index in [-0.39, 0.29) is 18.1 Å². The Balaban J connectivity index is 1.74.